The Kier molecular flexibility index (Phi) is 3.41. The van der Waals surface area contributed by atoms with Crippen molar-refractivity contribution in [3.05, 3.63) is 71.4 Å². The smallest absolute Gasteiger partial charge is 0.251 e. The van der Waals surface area contributed by atoms with Gasteiger partial charge in [0.1, 0.15) is 0 Å². The minimum absolute atomic E-state index is 0.0271. The molecule has 0 saturated heterocycles. The van der Waals surface area contributed by atoms with Crippen LogP contribution >= 0.6 is 0 Å². The van der Waals surface area contributed by atoms with Gasteiger partial charge in [0.2, 0.25) is 0 Å². The Morgan fingerprint density at radius 1 is 1.09 bits per heavy atom. The third-order valence-corrected chi connectivity index (χ3v) is 4.90. The zero-order valence-electron chi connectivity index (χ0n) is 13.3. The SMILES string of the molecule is Cn1c2c(c3ccccc31)CC(NC(=O)c1ccccc1)CC2. The summed E-state index contributed by atoms with van der Waals surface area (Å²) in [7, 11) is 2.14. The maximum Gasteiger partial charge on any atom is 0.251 e. The monoisotopic (exact) mass is 304 g/mol. The number of carbonyl (C=O) groups is 1. The van der Waals surface area contributed by atoms with Crippen LogP contribution in [0.25, 0.3) is 10.9 Å². The van der Waals surface area contributed by atoms with Crippen LogP contribution in [0.5, 0.6) is 0 Å². The lowest BCUT2D eigenvalue weighted by atomic mass is 9.91. The van der Waals surface area contributed by atoms with Crippen molar-refractivity contribution >= 4 is 16.8 Å². The highest BCUT2D eigenvalue weighted by atomic mass is 16.1. The van der Waals surface area contributed by atoms with Crippen LogP contribution in [0.4, 0.5) is 0 Å². The molecule has 1 aliphatic carbocycles. The summed E-state index contributed by atoms with van der Waals surface area (Å²) >= 11 is 0. The van der Waals surface area contributed by atoms with Crippen molar-refractivity contribution in [1.29, 1.82) is 0 Å². The average molecular weight is 304 g/mol. The van der Waals surface area contributed by atoms with Crippen molar-refractivity contribution in [2.45, 2.75) is 25.3 Å². The minimum Gasteiger partial charge on any atom is -0.349 e. The van der Waals surface area contributed by atoms with E-state index in [1.807, 2.05) is 30.3 Å². The van der Waals surface area contributed by atoms with Crippen molar-refractivity contribution in [1.82, 2.24) is 9.88 Å². The van der Waals surface area contributed by atoms with Crippen LogP contribution < -0.4 is 5.32 Å². The zero-order valence-corrected chi connectivity index (χ0v) is 13.3. The molecule has 23 heavy (non-hydrogen) atoms. The molecule has 3 aromatic rings. The Labute approximate surface area is 135 Å². The fraction of sp³-hybridized carbons (Fsp3) is 0.250. The van der Waals surface area contributed by atoms with Gasteiger partial charge in [-0.25, -0.2) is 0 Å². The Morgan fingerprint density at radius 3 is 2.65 bits per heavy atom. The molecule has 1 N–H and O–H groups in total. The predicted octanol–water partition coefficient (Wildman–Crippen LogP) is 3.47. The summed E-state index contributed by atoms with van der Waals surface area (Å²) in [4.78, 5) is 12.4. The standard InChI is InChI=1S/C20H20N2O/c1-22-18-10-6-5-9-16(18)17-13-15(11-12-19(17)22)21-20(23)14-7-3-2-4-8-14/h2-10,15H,11-13H2,1H3,(H,21,23). The van der Waals surface area contributed by atoms with Crippen LogP contribution in [0.15, 0.2) is 54.6 Å². The number of aryl methyl sites for hydroxylation is 1. The molecule has 1 aromatic heterocycles. The second-order valence-electron chi connectivity index (χ2n) is 6.28. The van der Waals surface area contributed by atoms with Gasteiger partial charge in [-0.05, 0) is 43.0 Å². The van der Waals surface area contributed by atoms with Gasteiger partial charge in [0.15, 0.2) is 0 Å². The van der Waals surface area contributed by atoms with Crippen LogP contribution in [-0.2, 0) is 19.9 Å². The number of nitrogens with zero attached hydrogens (tertiary/aromatic N) is 1. The maximum atomic E-state index is 12.4. The van der Waals surface area contributed by atoms with Gasteiger partial charge in [0.05, 0.1) is 0 Å². The number of hydrogen-bond donors (Lipinski definition) is 1. The molecule has 0 bridgehead atoms. The van der Waals surface area contributed by atoms with Crippen LogP contribution in [0.3, 0.4) is 0 Å². The zero-order chi connectivity index (χ0) is 15.8. The highest BCUT2D eigenvalue weighted by Crippen LogP contribution is 2.31. The third-order valence-electron chi connectivity index (χ3n) is 4.90. The maximum absolute atomic E-state index is 12.4. The number of fused-ring (bicyclic) bond motifs is 3. The van der Waals surface area contributed by atoms with Gasteiger partial charge < -0.3 is 9.88 Å². The summed E-state index contributed by atoms with van der Waals surface area (Å²) in [6, 6.07) is 18.2. The Morgan fingerprint density at radius 2 is 1.83 bits per heavy atom. The van der Waals surface area contributed by atoms with Crippen LogP contribution in [0.2, 0.25) is 0 Å². The van der Waals surface area contributed by atoms with E-state index in [1.165, 1.54) is 22.2 Å². The summed E-state index contributed by atoms with van der Waals surface area (Å²) < 4.78 is 2.31. The number of para-hydroxylation sites is 1. The summed E-state index contributed by atoms with van der Waals surface area (Å²) in [5.41, 5.74) is 4.83. The minimum atomic E-state index is 0.0271. The molecule has 1 aliphatic rings. The summed E-state index contributed by atoms with van der Waals surface area (Å²) in [6.07, 6.45) is 2.92. The number of benzene rings is 2. The van der Waals surface area contributed by atoms with E-state index in [0.29, 0.717) is 0 Å². The molecule has 0 fully saturated rings. The van der Waals surface area contributed by atoms with Crippen molar-refractivity contribution in [3.8, 4) is 0 Å². The number of nitrogens with one attached hydrogen (secondary N) is 1. The molecule has 2 aromatic carbocycles. The first kappa shape index (κ1) is 14.1. The molecule has 0 radical (unpaired) electrons. The van der Waals surface area contributed by atoms with Gasteiger partial charge in [-0.1, -0.05) is 36.4 Å². The highest BCUT2D eigenvalue weighted by molar-refractivity contribution is 5.94. The molecule has 3 nitrogen and oxygen atoms in total. The van der Waals surface area contributed by atoms with E-state index in [1.54, 1.807) is 0 Å². The number of rotatable bonds is 2. The fourth-order valence-corrected chi connectivity index (χ4v) is 3.71. The molecule has 4 rings (SSSR count). The van der Waals surface area contributed by atoms with E-state index in [0.717, 1.165) is 24.8 Å². The number of carbonyl (C=O) groups excluding carboxylic acids is 1. The summed E-state index contributed by atoms with van der Waals surface area (Å²) in [5.74, 6) is 0.0271. The molecular formula is C20H20N2O. The van der Waals surface area contributed by atoms with E-state index in [9.17, 15) is 4.79 Å². The van der Waals surface area contributed by atoms with Gasteiger partial charge in [-0.15, -0.1) is 0 Å². The van der Waals surface area contributed by atoms with E-state index in [2.05, 4.69) is 41.2 Å². The summed E-state index contributed by atoms with van der Waals surface area (Å²) in [5, 5.41) is 4.52. The number of amides is 1. The molecule has 1 heterocycles. The van der Waals surface area contributed by atoms with Crippen LogP contribution in [-0.4, -0.2) is 16.5 Å². The topological polar surface area (TPSA) is 34.0 Å². The van der Waals surface area contributed by atoms with E-state index >= 15 is 0 Å². The summed E-state index contributed by atoms with van der Waals surface area (Å²) in [6.45, 7) is 0. The lowest BCUT2D eigenvalue weighted by Gasteiger charge is -2.24. The van der Waals surface area contributed by atoms with Gasteiger partial charge >= 0.3 is 0 Å². The number of aromatic nitrogens is 1. The van der Waals surface area contributed by atoms with Gasteiger partial charge in [-0.3, -0.25) is 4.79 Å². The molecule has 1 unspecified atom stereocenters. The lowest BCUT2D eigenvalue weighted by molar-refractivity contribution is 0.0933. The van der Waals surface area contributed by atoms with Crippen molar-refractivity contribution in [3.63, 3.8) is 0 Å². The molecular weight excluding hydrogens is 284 g/mol. The Bertz CT molecular complexity index is 864. The second-order valence-corrected chi connectivity index (χ2v) is 6.28. The fourth-order valence-electron chi connectivity index (χ4n) is 3.71. The first-order valence-corrected chi connectivity index (χ1v) is 8.15. The first-order valence-electron chi connectivity index (χ1n) is 8.15. The quantitative estimate of drug-likeness (QED) is 0.773. The molecule has 0 spiro atoms. The third kappa shape index (κ3) is 2.42. The van der Waals surface area contributed by atoms with Crippen molar-refractivity contribution in [2.75, 3.05) is 0 Å². The second kappa shape index (κ2) is 5.58. The van der Waals surface area contributed by atoms with E-state index in [4.69, 9.17) is 0 Å². The van der Waals surface area contributed by atoms with E-state index in [-0.39, 0.29) is 11.9 Å². The number of hydrogen-bond acceptors (Lipinski definition) is 1. The average Bonchev–Trinajstić information content (AvgIpc) is 2.89. The van der Waals surface area contributed by atoms with Gasteiger partial charge in [0, 0.05) is 35.2 Å². The van der Waals surface area contributed by atoms with Crippen LogP contribution in [0, 0.1) is 0 Å². The van der Waals surface area contributed by atoms with Crippen molar-refractivity contribution in [2.24, 2.45) is 7.05 Å². The predicted molar refractivity (Wildman–Crippen MR) is 92.6 cm³/mol. The largest absolute Gasteiger partial charge is 0.349 e. The van der Waals surface area contributed by atoms with Crippen molar-refractivity contribution < 1.29 is 4.79 Å². The molecule has 0 saturated carbocycles. The molecule has 1 amide bonds. The normalized spacial score (nSPS) is 17.0. The highest BCUT2D eigenvalue weighted by Gasteiger charge is 2.25. The van der Waals surface area contributed by atoms with Crippen LogP contribution in [0.1, 0.15) is 28.0 Å². The van der Waals surface area contributed by atoms with E-state index < -0.39 is 0 Å². The molecule has 0 aliphatic heterocycles. The molecule has 1 atom stereocenters. The Balaban J connectivity index is 1.59. The molecule has 3 heteroatoms. The lowest BCUT2D eigenvalue weighted by Crippen LogP contribution is -2.38. The van der Waals surface area contributed by atoms with Gasteiger partial charge in [0.25, 0.3) is 5.91 Å². The van der Waals surface area contributed by atoms with Gasteiger partial charge in [-0.2, -0.15) is 0 Å². The first-order chi connectivity index (χ1) is 11.2. The molecule has 116 valence electrons. The Hall–Kier alpha value is -2.55.